The highest BCUT2D eigenvalue weighted by Crippen LogP contribution is 2.38. The Balaban J connectivity index is 1.67. The van der Waals surface area contributed by atoms with E-state index in [0.717, 1.165) is 24.8 Å². The number of hydrogen-bond donors (Lipinski definition) is 3. The molecule has 0 aromatic heterocycles. The van der Waals surface area contributed by atoms with Crippen LogP contribution in [0.15, 0.2) is 30.3 Å². The van der Waals surface area contributed by atoms with Gasteiger partial charge in [-0.05, 0) is 50.6 Å². The van der Waals surface area contributed by atoms with Crippen molar-refractivity contribution in [2.24, 2.45) is 11.8 Å². The second kappa shape index (κ2) is 10.3. The molecule has 1 saturated carbocycles. The SMILES string of the molecule is CN[C@@H](C)C(=O)N[C@H](C(=O)N1CC[C@H]2CCC(NC(=O)Cc3ccccc3)[C@H]21)C(C)C. The summed E-state index contributed by atoms with van der Waals surface area (Å²) >= 11 is 0. The van der Waals surface area contributed by atoms with E-state index in [1.54, 1.807) is 14.0 Å². The Labute approximate surface area is 185 Å². The molecule has 1 aliphatic heterocycles. The van der Waals surface area contributed by atoms with Gasteiger partial charge in [0.1, 0.15) is 6.04 Å². The van der Waals surface area contributed by atoms with Gasteiger partial charge in [0.05, 0.1) is 18.5 Å². The molecule has 7 nitrogen and oxygen atoms in total. The molecule has 3 N–H and O–H groups in total. The molecule has 5 atom stereocenters. The van der Waals surface area contributed by atoms with Crippen LogP contribution in [0, 0.1) is 11.8 Å². The van der Waals surface area contributed by atoms with E-state index in [-0.39, 0.29) is 41.8 Å². The minimum Gasteiger partial charge on any atom is -0.351 e. The minimum absolute atomic E-state index is 0.00657. The first-order chi connectivity index (χ1) is 14.8. The molecule has 1 unspecified atom stereocenters. The number of nitrogens with one attached hydrogen (secondary N) is 3. The highest BCUT2D eigenvalue weighted by molar-refractivity contribution is 5.90. The molecule has 2 aliphatic rings. The number of rotatable bonds is 8. The van der Waals surface area contributed by atoms with Gasteiger partial charge >= 0.3 is 0 Å². The van der Waals surface area contributed by atoms with E-state index < -0.39 is 6.04 Å². The Kier molecular flexibility index (Phi) is 7.70. The smallest absolute Gasteiger partial charge is 0.245 e. The summed E-state index contributed by atoms with van der Waals surface area (Å²) in [6, 6.07) is 8.74. The average molecular weight is 429 g/mol. The molecule has 31 heavy (non-hydrogen) atoms. The molecule has 0 bridgehead atoms. The number of carbonyl (C=O) groups excluding carboxylic acids is 3. The zero-order valence-electron chi connectivity index (χ0n) is 19.1. The molecule has 1 heterocycles. The minimum atomic E-state index is -0.566. The lowest BCUT2D eigenvalue weighted by atomic mass is 9.99. The summed E-state index contributed by atoms with van der Waals surface area (Å²) in [7, 11) is 1.72. The fourth-order valence-electron chi connectivity index (χ4n) is 4.86. The lowest BCUT2D eigenvalue weighted by Gasteiger charge is -2.34. The molecule has 1 saturated heterocycles. The number of nitrogens with zero attached hydrogens (tertiary/aromatic N) is 1. The van der Waals surface area contributed by atoms with Gasteiger partial charge < -0.3 is 20.9 Å². The number of likely N-dealkylation sites (N-methyl/N-ethyl adjacent to an activating group) is 1. The lowest BCUT2D eigenvalue weighted by molar-refractivity contribution is -0.139. The Bertz CT molecular complexity index is 782. The van der Waals surface area contributed by atoms with Crippen LogP contribution in [0.3, 0.4) is 0 Å². The van der Waals surface area contributed by atoms with Crippen molar-refractivity contribution < 1.29 is 14.4 Å². The molecule has 1 aromatic carbocycles. The van der Waals surface area contributed by atoms with E-state index in [1.807, 2.05) is 49.1 Å². The molecule has 1 aromatic rings. The number of hydrogen-bond acceptors (Lipinski definition) is 4. The van der Waals surface area contributed by atoms with Crippen LogP contribution in [-0.4, -0.2) is 60.4 Å². The van der Waals surface area contributed by atoms with Gasteiger partial charge in [0, 0.05) is 12.6 Å². The topological polar surface area (TPSA) is 90.5 Å². The molecular weight excluding hydrogens is 392 g/mol. The van der Waals surface area contributed by atoms with Crippen LogP contribution in [0.1, 0.15) is 45.6 Å². The Morgan fingerprint density at radius 1 is 1.06 bits per heavy atom. The second-order valence-corrected chi connectivity index (χ2v) is 9.23. The fraction of sp³-hybridized carbons (Fsp3) is 0.625. The number of carbonyl (C=O) groups is 3. The van der Waals surface area contributed by atoms with Crippen molar-refractivity contribution in [2.75, 3.05) is 13.6 Å². The first kappa shape index (κ1) is 23.3. The quantitative estimate of drug-likeness (QED) is 0.585. The Morgan fingerprint density at radius 2 is 1.77 bits per heavy atom. The highest BCUT2D eigenvalue weighted by Gasteiger charge is 2.48. The first-order valence-electron chi connectivity index (χ1n) is 11.4. The van der Waals surface area contributed by atoms with Crippen molar-refractivity contribution in [3.05, 3.63) is 35.9 Å². The Morgan fingerprint density at radius 3 is 2.42 bits per heavy atom. The zero-order valence-corrected chi connectivity index (χ0v) is 19.1. The van der Waals surface area contributed by atoms with Crippen molar-refractivity contribution >= 4 is 17.7 Å². The van der Waals surface area contributed by atoms with Gasteiger partial charge in [-0.2, -0.15) is 0 Å². The molecule has 0 spiro atoms. The summed E-state index contributed by atoms with van der Waals surface area (Å²) in [6.07, 6.45) is 3.19. The standard InChI is InChI=1S/C24H36N4O3/c1-15(2)21(27-23(30)16(3)25-4)24(31)28-13-12-18-10-11-19(22(18)28)26-20(29)14-17-8-6-5-7-9-17/h5-9,15-16,18-19,21-22,25H,10-14H2,1-4H3,(H,26,29)(H,27,30)/t16-,18+,19?,21-,22-/m0/s1. The second-order valence-electron chi connectivity index (χ2n) is 9.23. The van der Waals surface area contributed by atoms with E-state index in [2.05, 4.69) is 16.0 Å². The third kappa shape index (κ3) is 5.45. The summed E-state index contributed by atoms with van der Waals surface area (Å²) in [5.41, 5.74) is 0.982. The van der Waals surface area contributed by atoms with Crippen LogP contribution in [0.4, 0.5) is 0 Å². The van der Waals surface area contributed by atoms with Gasteiger partial charge in [-0.1, -0.05) is 44.2 Å². The highest BCUT2D eigenvalue weighted by atomic mass is 16.2. The van der Waals surface area contributed by atoms with Gasteiger partial charge in [0.15, 0.2) is 0 Å². The molecule has 3 rings (SSSR count). The lowest BCUT2D eigenvalue weighted by Crippen LogP contribution is -2.58. The Hall–Kier alpha value is -2.41. The van der Waals surface area contributed by atoms with Gasteiger partial charge in [-0.15, -0.1) is 0 Å². The summed E-state index contributed by atoms with van der Waals surface area (Å²) < 4.78 is 0. The van der Waals surface area contributed by atoms with Crippen LogP contribution in [0.25, 0.3) is 0 Å². The molecule has 3 amide bonds. The normalized spacial score (nSPS) is 24.5. The summed E-state index contributed by atoms with van der Waals surface area (Å²) in [5.74, 6) is 0.165. The van der Waals surface area contributed by atoms with Crippen molar-refractivity contribution in [1.82, 2.24) is 20.9 Å². The monoisotopic (exact) mass is 428 g/mol. The van der Waals surface area contributed by atoms with Crippen LogP contribution in [0.5, 0.6) is 0 Å². The molecule has 1 aliphatic carbocycles. The largest absolute Gasteiger partial charge is 0.351 e. The molecular formula is C24H36N4O3. The van der Waals surface area contributed by atoms with E-state index in [0.29, 0.717) is 18.9 Å². The number of likely N-dealkylation sites (tertiary alicyclic amines) is 1. The fourth-order valence-corrected chi connectivity index (χ4v) is 4.86. The van der Waals surface area contributed by atoms with Crippen LogP contribution < -0.4 is 16.0 Å². The van der Waals surface area contributed by atoms with E-state index in [4.69, 9.17) is 0 Å². The van der Waals surface area contributed by atoms with Crippen molar-refractivity contribution in [2.45, 2.75) is 70.6 Å². The number of benzene rings is 1. The van der Waals surface area contributed by atoms with E-state index >= 15 is 0 Å². The summed E-state index contributed by atoms with van der Waals surface area (Å²) in [4.78, 5) is 40.5. The van der Waals surface area contributed by atoms with Crippen molar-refractivity contribution in [3.8, 4) is 0 Å². The predicted octanol–water partition coefficient (Wildman–Crippen LogP) is 1.47. The molecule has 2 fully saturated rings. The van der Waals surface area contributed by atoms with Crippen LogP contribution in [-0.2, 0) is 20.8 Å². The average Bonchev–Trinajstić information content (AvgIpc) is 3.34. The third-order valence-corrected chi connectivity index (χ3v) is 6.74. The van der Waals surface area contributed by atoms with Gasteiger partial charge in [0.25, 0.3) is 0 Å². The third-order valence-electron chi connectivity index (χ3n) is 6.74. The maximum absolute atomic E-state index is 13.5. The van der Waals surface area contributed by atoms with E-state index in [1.165, 1.54) is 0 Å². The first-order valence-corrected chi connectivity index (χ1v) is 11.4. The van der Waals surface area contributed by atoms with Gasteiger partial charge in [-0.3, -0.25) is 14.4 Å². The maximum atomic E-state index is 13.5. The number of amides is 3. The van der Waals surface area contributed by atoms with Gasteiger partial charge in [-0.25, -0.2) is 0 Å². The zero-order chi connectivity index (χ0) is 22.5. The molecule has 170 valence electrons. The predicted molar refractivity (Wildman–Crippen MR) is 120 cm³/mol. The van der Waals surface area contributed by atoms with Crippen molar-refractivity contribution in [3.63, 3.8) is 0 Å². The van der Waals surface area contributed by atoms with Crippen molar-refractivity contribution in [1.29, 1.82) is 0 Å². The number of fused-ring (bicyclic) bond motifs is 1. The maximum Gasteiger partial charge on any atom is 0.245 e. The summed E-state index contributed by atoms with van der Waals surface area (Å²) in [5, 5.41) is 9.04. The van der Waals surface area contributed by atoms with Crippen LogP contribution >= 0.6 is 0 Å². The van der Waals surface area contributed by atoms with Gasteiger partial charge in [0.2, 0.25) is 17.7 Å². The molecule has 7 heteroatoms. The molecule has 0 radical (unpaired) electrons. The van der Waals surface area contributed by atoms with Crippen LogP contribution in [0.2, 0.25) is 0 Å². The van der Waals surface area contributed by atoms with E-state index in [9.17, 15) is 14.4 Å². The summed E-state index contributed by atoms with van der Waals surface area (Å²) in [6.45, 7) is 6.36.